The predicted molar refractivity (Wildman–Crippen MR) is 120 cm³/mol. The monoisotopic (exact) mass is 446 g/mol. The maximum Gasteiger partial charge on any atom is 0.303 e. The van der Waals surface area contributed by atoms with Gasteiger partial charge in [-0.25, -0.2) is 0 Å². The van der Waals surface area contributed by atoms with Gasteiger partial charge in [-0.1, -0.05) is 42.5 Å². The van der Waals surface area contributed by atoms with Crippen LogP contribution in [0.3, 0.4) is 0 Å². The Morgan fingerprint density at radius 2 is 1.68 bits per heavy atom. The second kappa shape index (κ2) is 10.6. The standard InChI is InChI=1S/C24H30O6S/c1-14-6-11-17(23-21(28)20(27)22(29)24(30-23)31-2)13-18(14)12-16-9-7-15(8-10-16)4-3-5-19(25)26/h6-11,13,20-24,27-29H,3-5,12H2,1-2H3,(H,25,26). The molecule has 0 aliphatic carbocycles. The van der Waals surface area contributed by atoms with Gasteiger partial charge in [0.25, 0.3) is 0 Å². The van der Waals surface area contributed by atoms with Gasteiger partial charge in [0, 0.05) is 6.42 Å². The normalized spacial score (nSPS) is 26.0. The van der Waals surface area contributed by atoms with Gasteiger partial charge in [-0.15, -0.1) is 11.8 Å². The third-order valence-electron chi connectivity index (χ3n) is 5.78. The van der Waals surface area contributed by atoms with Crippen LogP contribution in [-0.2, 0) is 22.4 Å². The lowest BCUT2D eigenvalue weighted by atomic mass is 9.91. The molecule has 0 bridgehead atoms. The number of ether oxygens (including phenoxy) is 1. The van der Waals surface area contributed by atoms with Gasteiger partial charge in [0.05, 0.1) is 0 Å². The number of aliphatic carboxylic acids is 1. The first-order chi connectivity index (χ1) is 14.8. The van der Waals surface area contributed by atoms with Gasteiger partial charge in [0.15, 0.2) is 0 Å². The van der Waals surface area contributed by atoms with E-state index in [1.165, 1.54) is 11.8 Å². The van der Waals surface area contributed by atoms with Gasteiger partial charge in [-0.2, -0.15) is 0 Å². The predicted octanol–water partition coefficient (Wildman–Crippen LogP) is 2.84. The molecule has 1 heterocycles. The Bertz CT molecular complexity index is 882. The summed E-state index contributed by atoms with van der Waals surface area (Å²) in [6.07, 6.45) is -0.303. The number of hydrogen-bond donors (Lipinski definition) is 4. The molecule has 0 amide bonds. The van der Waals surface area contributed by atoms with Gasteiger partial charge in [-0.3, -0.25) is 4.79 Å². The van der Waals surface area contributed by atoms with E-state index in [-0.39, 0.29) is 6.42 Å². The molecule has 7 heteroatoms. The van der Waals surface area contributed by atoms with E-state index in [0.717, 1.165) is 34.2 Å². The summed E-state index contributed by atoms with van der Waals surface area (Å²) < 4.78 is 5.89. The molecule has 1 fully saturated rings. The fourth-order valence-electron chi connectivity index (χ4n) is 3.86. The maximum absolute atomic E-state index is 10.7. The quantitative estimate of drug-likeness (QED) is 0.494. The molecule has 0 spiro atoms. The van der Waals surface area contributed by atoms with E-state index < -0.39 is 35.8 Å². The molecule has 2 aromatic rings. The summed E-state index contributed by atoms with van der Waals surface area (Å²) in [6.45, 7) is 2.03. The van der Waals surface area contributed by atoms with Crippen molar-refractivity contribution in [2.45, 2.75) is 62.5 Å². The molecule has 5 unspecified atom stereocenters. The van der Waals surface area contributed by atoms with Crippen LogP contribution in [0.1, 0.15) is 46.8 Å². The Kier molecular flexibility index (Phi) is 8.13. The fourth-order valence-corrected chi connectivity index (χ4v) is 4.54. The third-order valence-corrected chi connectivity index (χ3v) is 6.63. The number of benzene rings is 2. The van der Waals surface area contributed by atoms with Crippen LogP contribution in [-0.4, -0.2) is 56.4 Å². The Morgan fingerprint density at radius 1 is 1.00 bits per heavy atom. The lowest BCUT2D eigenvalue weighted by molar-refractivity contribution is -0.200. The molecule has 168 valence electrons. The van der Waals surface area contributed by atoms with Crippen molar-refractivity contribution in [1.29, 1.82) is 0 Å². The smallest absolute Gasteiger partial charge is 0.303 e. The van der Waals surface area contributed by atoms with Gasteiger partial charge >= 0.3 is 5.97 Å². The summed E-state index contributed by atoms with van der Waals surface area (Å²) in [5.41, 5.74) is 4.61. The van der Waals surface area contributed by atoms with Crippen LogP contribution in [0.2, 0.25) is 0 Å². The molecule has 1 aliphatic rings. The maximum atomic E-state index is 10.7. The van der Waals surface area contributed by atoms with Crippen LogP contribution in [0.25, 0.3) is 0 Å². The molecular weight excluding hydrogens is 416 g/mol. The highest BCUT2D eigenvalue weighted by molar-refractivity contribution is 7.99. The summed E-state index contributed by atoms with van der Waals surface area (Å²) in [6, 6.07) is 14.0. The van der Waals surface area contributed by atoms with E-state index in [2.05, 4.69) is 12.1 Å². The minimum atomic E-state index is -1.27. The Morgan fingerprint density at radius 3 is 2.32 bits per heavy atom. The third kappa shape index (κ3) is 5.87. The molecule has 0 aromatic heterocycles. The molecule has 2 aromatic carbocycles. The minimum absolute atomic E-state index is 0.173. The molecule has 0 saturated carbocycles. The Labute approximate surface area is 186 Å². The SMILES string of the molecule is CSC1OC(c2ccc(C)c(Cc3ccc(CCCC(=O)O)cc3)c2)C(O)C(O)C1O. The zero-order valence-corrected chi connectivity index (χ0v) is 18.6. The number of aliphatic hydroxyl groups is 3. The van der Waals surface area contributed by atoms with Gasteiger partial charge in [0.1, 0.15) is 29.9 Å². The first kappa shape index (κ1) is 23.8. The molecule has 1 aliphatic heterocycles. The van der Waals surface area contributed by atoms with Gasteiger partial charge in [0.2, 0.25) is 0 Å². The Balaban J connectivity index is 1.73. The van der Waals surface area contributed by atoms with Crippen molar-refractivity contribution in [3.63, 3.8) is 0 Å². The van der Waals surface area contributed by atoms with E-state index in [9.17, 15) is 20.1 Å². The average Bonchev–Trinajstić information content (AvgIpc) is 2.75. The zero-order chi connectivity index (χ0) is 22.5. The van der Waals surface area contributed by atoms with Crippen LogP contribution < -0.4 is 0 Å². The van der Waals surface area contributed by atoms with E-state index in [1.807, 2.05) is 37.3 Å². The largest absolute Gasteiger partial charge is 0.481 e. The number of carboxylic acid groups (broad SMARTS) is 1. The number of aryl methyl sites for hydroxylation is 2. The van der Waals surface area contributed by atoms with Crippen molar-refractivity contribution in [3.8, 4) is 0 Å². The summed E-state index contributed by atoms with van der Waals surface area (Å²) in [7, 11) is 0. The topological polar surface area (TPSA) is 107 Å². The van der Waals surface area contributed by atoms with Crippen molar-refractivity contribution >= 4 is 17.7 Å². The lowest BCUT2D eigenvalue weighted by Gasteiger charge is -2.40. The van der Waals surface area contributed by atoms with E-state index >= 15 is 0 Å². The number of thioether (sulfide) groups is 1. The second-order valence-corrected chi connectivity index (χ2v) is 9.00. The number of hydrogen-bond acceptors (Lipinski definition) is 6. The molecule has 31 heavy (non-hydrogen) atoms. The van der Waals surface area contributed by atoms with Gasteiger partial charge in [-0.05, 0) is 60.3 Å². The molecule has 3 rings (SSSR count). The fraction of sp³-hybridized carbons (Fsp3) is 0.458. The highest BCUT2D eigenvalue weighted by atomic mass is 32.2. The minimum Gasteiger partial charge on any atom is -0.481 e. The molecule has 5 atom stereocenters. The van der Waals surface area contributed by atoms with Crippen molar-refractivity contribution in [3.05, 3.63) is 70.3 Å². The van der Waals surface area contributed by atoms with Crippen molar-refractivity contribution in [1.82, 2.24) is 0 Å². The van der Waals surface area contributed by atoms with Crippen LogP contribution >= 0.6 is 11.8 Å². The number of rotatable bonds is 8. The molecule has 0 radical (unpaired) electrons. The summed E-state index contributed by atoms with van der Waals surface area (Å²) >= 11 is 1.30. The highest BCUT2D eigenvalue weighted by Crippen LogP contribution is 2.36. The van der Waals surface area contributed by atoms with Crippen LogP contribution in [0.5, 0.6) is 0 Å². The van der Waals surface area contributed by atoms with Crippen molar-refractivity contribution in [2.24, 2.45) is 0 Å². The first-order valence-corrected chi connectivity index (χ1v) is 11.7. The highest BCUT2D eigenvalue weighted by Gasteiger charge is 2.44. The summed E-state index contributed by atoms with van der Waals surface area (Å²) in [5.74, 6) is -0.773. The van der Waals surface area contributed by atoms with E-state index in [4.69, 9.17) is 9.84 Å². The van der Waals surface area contributed by atoms with Crippen molar-refractivity contribution in [2.75, 3.05) is 6.26 Å². The van der Waals surface area contributed by atoms with E-state index in [1.54, 1.807) is 6.26 Å². The van der Waals surface area contributed by atoms with Crippen molar-refractivity contribution < 1.29 is 30.0 Å². The molecule has 1 saturated heterocycles. The number of carboxylic acids is 1. The second-order valence-electron chi connectivity index (χ2n) is 8.06. The summed E-state index contributed by atoms with van der Waals surface area (Å²) in [5, 5.41) is 39.6. The van der Waals surface area contributed by atoms with Gasteiger partial charge < -0.3 is 25.2 Å². The molecule has 6 nitrogen and oxygen atoms in total. The lowest BCUT2D eigenvalue weighted by Crippen LogP contribution is -2.52. The average molecular weight is 447 g/mol. The molecular formula is C24H30O6S. The zero-order valence-electron chi connectivity index (χ0n) is 17.8. The first-order valence-electron chi connectivity index (χ1n) is 10.4. The number of carbonyl (C=O) groups is 1. The molecule has 4 N–H and O–H groups in total. The van der Waals surface area contributed by atoms with Crippen LogP contribution in [0, 0.1) is 6.92 Å². The van der Waals surface area contributed by atoms with Crippen LogP contribution in [0.4, 0.5) is 0 Å². The Hall–Kier alpha value is -1.90. The number of aliphatic hydroxyl groups excluding tert-OH is 3. The van der Waals surface area contributed by atoms with E-state index in [0.29, 0.717) is 12.8 Å². The summed E-state index contributed by atoms with van der Waals surface area (Å²) in [4.78, 5) is 10.7. The van der Waals surface area contributed by atoms with Crippen LogP contribution in [0.15, 0.2) is 42.5 Å².